The fourth-order valence-electron chi connectivity index (χ4n) is 2.72. The van der Waals surface area contributed by atoms with Crippen molar-refractivity contribution in [2.24, 2.45) is 0 Å². The van der Waals surface area contributed by atoms with E-state index in [0.717, 1.165) is 19.3 Å². The van der Waals surface area contributed by atoms with Crippen LogP contribution in [0.1, 0.15) is 17.5 Å². The van der Waals surface area contributed by atoms with Gasteiger partial charge < -0.3 is 5.11 Å². The molecule has 0 aliphatic carbocycles. The number of rotatable bonds is 5. The Morgan fingerprint density at radius 3 is 2.24 bits per heavy atom. The number of aliphatic hydroxyl groups is 1. The number of aliphatic hydroxyl groups excluding tert-OH is 1. The number of aryl methyl sites for hydroxylation is 1. The molecule has 0 radical (unpaired) electrons. The van der Waals surface area contributed by atoms with Crippen LogP contribution in [-0.2, 0) is 12.8 Å². The molecule has 0 spiro atoms. The standard InChI is InChI=1S/C20H20O/c21-20(13-11-16-6-2-1-3-7-16)15-17-10-12-18-8-4-5-9-19(18)14-17/h1-10,12,14,20-21H,11,13,15H2. The molecule has 0 amide bonds. The smallest absolute Gasteiger partial charge is 0.0583 e. The minimum Gasteiger partial charge on any atom is -0.393 e. The highest BCUT2D eigenvalue weighted by molar-refractivity contribution is 5.82. The van der Waals surface area contributed by atoms with Crippen LogP contribution < -0.4 is 0 Å². The summed E-state index contributed by atoms with van der Waals surface area (Å²) in [6, 6.07) is 25.1. The molecule has 1 atom stereocenters. The minimum atomic E-state index is -0.286. The van der Waals surface area contributed by atoms with Crippen molar-refractivity contribution in [2.45, 2.75) is 25.4 Å². The molecule has 0 aromatic heterocycles. The summed E-state index contributed by atoms with van der Waals surface area (Å²) in [6.07, 6.45) is 2.16. The van der Waals surface area contributed by atoms with Gasteiger partial charge in [-0.2, -0.15) is 0 Å². The zero-order valence-electron chi connectivity index (χ0n) is 12.1. The predicted octanol–water partition coefficient (Wildman–Crippen LogP) is 4.38. The molecule has 1 heteroatoms. The van der Waals surface area contributed by atoms with Crippen molar-refractivity contribution in [2.75, 3.05) is 0 Å². The normalized spacial score (nSPS) is 12.4. The van der Waals surface area contributed by atoms with Gasteiger partial charge in [0, 0.05) is 0 Å². The number of hydrogen-bond acceptors (Lipinski definition) is 1. The average Bonchev–Trinajstić information content (AvgIpc) is 2.54. The predicted molar refractivity (Wildman–Crippen MR) is 88.4 cm³/mol. The monoisotopic (exact) mass is 276 g/mol. The summed E-state index contributed by atoms with van der Waals surface area (Å²) in [5.74, 6) is 0. The Bertz CT molecular complexity index is 703. The first-order chi connectivity index (χ1) is 10.3. The second kappa shape index (κ2) is 6.55. The van der Waals surface area contributed by atoms with Crippen LogP contribution in [0.25, 0.3) is 10.8 Å². The van der Waals surface area contributed by atoms with Crippen LogP contribution in [0.3, 0.4) is 0 Å². The SMILES string of the molecule is OC(CCc1ccccc1)Cc1ccc2ccccc2c1. The lowest BCUT2D eigenvalue weighted by molar-refractivity contribution is 0.165. The highest BCUT2D eigenvalue weighted by Crippen LogP contribution is 2.17. The molecule has 0 saturated heterocycles. The van der Waals surface area contributed by atoms with E-state index in [9.17, 15) is 5.11 Å². The summed E-state index contributed by atoms with van der Waals surface area (Å²) >= 11 is 0. The Kier molecular flexibility index (Phi) is 4.32. The first-order valence-corrected chi connectivity index (χ1v) is 7.51. The fraction of sp³-hybridized carbons (Fsp3) is 0.200. The maximum absolute atomic E-state index is 10.2. The Labute approximate surface area is 125 Å². The molecule has 0 heterocycles. The summed E-state index contributed by atoms with van der Waals surface area (Å²) in [6.45, 7) is 0. The third kappa shape index (κ3) is 3.71. The topological polar surface area (TPSA) is 20.2 Å². The van der Waals surface area contributed by atoms with E-state index in [1.165, 1.54) is 21.9 Å². The van der Waals surface area contributed by atoms with Gasteiger partial charge >= 0.3 is 0 Å². The Morgan fingerprint density at radius 1 is 0.714 bits per heavy atom. The van der Waals surface area contributed by atoms with Gasteiger partial charge in [0.25, 0.3) is 0 Å². The molecule has 21 heavy (non-hydrogen) atoms. The summed E-state index contributed by atoms with van der Waals surface area (Å²) in [4.78, 5) is 0. The van der Waals surface area contributed by atoms with Gasteiger partial charge in [-0.3, -0.25) is 0 Å². The van der Waals surface area contributed by atoms with Gasteiger partial charge in [-0.05, 0) is 41.2 Å². The van der Waals surface area contributed by atoms with E-state index in [0.29, 0.717) is 0 Å². The van der Waals surface area contributed by atoms with Crippen LogP contribution in [0.5, 0.6) is 0 Å². The van der Waals surface area contributed by atoms with Crippen LogP contribution in [-0.4, -0.2) is 11.2 Å². The maximum atomic E-state index is 10.2. The molecular formula is C20H20O. The maximum Gasteiger partial charge on any atom is 0.0583 e. The quantitative estimate of drug-likeness (QED) is 0.733. The Hall–Kier alpha value is -2.12. The van der Waals surface area contributed by atoms with Gasteiger partial charge in [0.05, 0.1) is 6.10 Å². The van der Waals surface area contributed by atoms with E-state index >= 15 is 0 Å². The second-order valence-corrected chi connectivity index (χ2v) is 5.56. The number of hydrogen-bond donors (Lipinski definition) is 1. The van der Waals surface area contributed by atoms with E-state index in [2.05, 4.69) is 54.6 Å². The van der Waals surface area contributed by atoms with Crippen LogP contribution in [0.2, 0.25) is 0 Å². The number of benzene rings is 3. The van der Waals surface area contributed by atoms with Crippen LogP contribution in [0, 0.1) is 0 Å². The fourth-order valence-corrected chi connectivity index (χ4v) is 2.72. The third-order valence-corrected chi connectivity index (χ3v) is 3.89. The molecule has 1 N–H and O–H groups in total. The van der Waals surface area contributed by atoms with Crippen molar-refractivity contribution in [3.63, 3.8) is 0 Å². The molecule has 0 aliphatic heterocycles. The van der Waals surface area contributed by atoms with E-state index in [1.54, 1.807) is 0 Å². The first kappa shape index (κ1) is 13.8. The van der Waals surface area contributed by atoms with Crippen LogP contribution in [0.4, 0.5) is 0 Å². The molecule has 1 nitrogen and oxygen atoms in total. The van der Waals surface area contributed by atoms with Crippen molar-refractivity contribution >= 4 is 10.8 Å². The lowest BCUT2D eigenvalue weighted by atomic mass is 9.99. The summed E-state index contributed by atoms with van der Waals surface area (Å²) < 4.78 is 0. The molecule has 0 fully saturated rings. The molecule has 0 bridgehead atoms. The van der Waals surface area contributed by atoms with Crippen molar-refractivity contribution in [1.82, 2.24) is 0 Å². The molecule has 3 aromatic rings. The molecule has 3 rings (SSSR count). The van der Waals surface area contributed by atoms with E-state index < -0.39 is 0 Å². The zero-order chi connectivity index (χ0) is 14.5. The van der Waals surface area contributed by atoms with E-state index in [4.69, 9.17) is 0 Å². The summed E-state index contributed by atoms with van der Waals surface area (Å²) in [7, 11) is 0. The van der Waals surface area contributed by atoms with Gasteiger partial charge in [-0.15, -0.1) is 0 Å². The minimum absolute atomic E-state index is 0.286. The van der Waals surface area contributed by atoms with Gasteiger partial charge in [0.1, 0.15) is 0 Å². The van der Waals surface area contributed by atoms with Gasteiger partial charge in [-0.25, -0.2) is 0 Å². The van der Waals surface area contributed by atoms with Gasteiger partial charge in [0.15, 0.2) is 0 Å². The second-order valence-electron chi connectivity index (χ2n) is 5.56. The average molecular weight is 276 g/mol. The summed E-state index contributed by atoms with van der Waals surface area (Å²) in [5, 5.41) is 12.7. The van der Waals surface area contributed by atoms with Gasteiger partial charge in [0.2, 0.25) is 0 Å². The van der Waals surface area contributed by atoms with Crippen molar-refractivity contribution in [3.8, 4) is 0 Å². The van der Waals surface area contributed by atoms with Crippen LogP contribution >= 0.6 is 0 Å². The molecule has 106 valence electrons. The lowest BCUT2D eigenvalue weighted by Crippen LogP contribution is -2.11. The Morgan fingerprint density at radius 2 is 1.43 bits per heavy atom. The molecule has 3 aromatic carbocycles. The van der Waals surface area contributed by atoms with Crippen molar-refractivity contribution in [3.05, 3.63) is 83.9 Å². The lowest BCUT2D eigenvalue weighted by Gasteiger charge is -2.11. The zero-order valence-corrected chi connectivity index (χ0v) is 12.1. The summed E-state index contributed by atoms with van der Waals surface area (Å²) in [5.41, 5.74) is 2.49. The van der Waals surface area contributed by atoms with E-state index in [-0.39, 0.29) is 6.10 Å². The van der Waals surface area contributed by atoms with Crippen molar-refractivity contribution < 1.29 is 5.11 Å². The molecule has 0 saturated carbocycles. The van der Waals surface area contributed by atoms with Crippen LogP contribution in [0.15, 0.2) is 72.8 Å². The Balaban J connectivity index is 1.62. The highest BCUT2D eigenvalue weighted by atomic mass is 16.3. The molecule has 0 aliphatic rings. The number of fused-ring (bicyclic) bond motifs is 1. The highest BCUT2D eigenvalue weighted by Gasteiger charge is 2.06. The van der Waals surface area contributed by atoms with E-state index in [1.807, 2.05) is 18.2 Å². The largest absolute Gasteiger partial charge is 0.393 e. The van der Waals surface area contributed by atoms with Gasteiger partial charge in [-0.1, -0.05) is 72.8 Å². The van der Waals surface area contributed by atoms with Crippen molar-refractivity contribution in [1.29, 1.82) is 0 Å². The third-order valence-electron chi connectivity index (χ3n) is 3.89. The molecular weight excluding hydrogens is 256 g/mol. The first-order valence-electron chi connectivity index (χ1n) is 7.51. The molecule has 1 unspecified atom stereocenters.